The van der Waals surface area contributed by atoms with E-state index >= 15 is 0 Å². The summed E-state index contributed by atoms with van der Waals surface area (Å²) in [6, 6.07) is 0. The van der Waals surface area contributed by atoms with Crippen molar-refractivity contribution in [1.29, 1.82) is 0 Å². The van der Waals surface area contributed by atoms with Crippen molar-refractivity contribution in [1.82, 2.24) is 0 Å². The summed E-state index contributed by atoms with van der Waals surface area (Å²) < 4.78 is 64.9. The molecule has 0 aromatic heterocycles. The van der Waals surface area contributed by atoms with Gasteiger partial charge in [-0.05, 0) is 80.5 Å². The van der Waals surface area contributed by atoms with Crippen LogP contribution < -0.4 is 0 Å². The molecule has 5 heterocycles. The number of ether oxygens (including phenoxy) is 11. The van der Waals surface area contributed by atoms with Crippen molar-refractivity contribution in [3.63, 3.8) is 0 Å². The Morgan fingerprint density at radius 3 is 1.78 bits per heavy atom. The number of rotatable bonds is 19. The summed E-state index contributed by atoms with van der Waals surface area (Å²) in [6.07, 6.45) is -32.3. The van der Waals surface area contributed by atoms with Crippen molar-refractivity contribution < 1.29 is 138 Å². The second kappa shape index (κ2) is 27.0. The minimum Gasteiger partial charge on any atom is -0.454 e. The normalized spacial score (nSPS) is 50.6. The van der Waals surface area contributed by atoms with Crippen LogP contribution in [0.3, 0.4) is 0 Å². The Kier molecular flexibility index (Phi) is 21.4. The number of Topliss-reactive ketones (excluding diaryl/α,β-unsaturated/α-hetero) is 1. The summed E-state index contributed by atoms with van der Waals surface area (Å²) in [7, 11) is 0. The Balaban J connectivity index is 0.876. The highest BCUT2D eigenvalue weighted by molar-refractivity contribution is 5.82. The smallest absolute Gasteiger partial charge is 0.303 e. The summed E-state index contributed by atoms with van der Waals surface area (Å²) in [5.74, 6) is -1.83. The standard InChI is InChI=1S/C57H92O28/c1-22(2)7-10-30(60)23(3)57(74)36(84-54-49(79-24(4)59)48(32(62)19-76-54)85-52-44(70)37(63)31(61)18-75-52)16-29-27-9-8-25-15-26(11-13-55(25,5)28(27)12-14-56(29,57)6)80-53-47(73)43(69)40(66)35(83-53)21-78-51-46(72)42(68)39(65)34(82-51)20-77-50-45(71)41(67)38(64)33(17-58)81-50/h8,22-23,26-29,31-54,58,61-74H,7,9-21H2,1-6H3. The Morgan fingerprint density at radius 2 is 1.18 bits per heavy atom. The second-order valence-corrected chi connectivity index (χ2v) is 26.1. The monoisotopic (exact) mass is 1220 g/mol. The van der Waals surface area contributed by atoms with Crippen LogP contribution in [0.15, 0.2) is 11.6 Å². The molecule has 5 saturated heterocycles. The molecular weight excluding hydrogens is 1130 g/mol. The molecule has 8 fully saturated rings. The first-order chi connectivity index (χ1) is 40.0. The van der Waals surface area contributed by atoms with E-state index in [1.807, 2.05) is 20.8 Å². The number of carbonyl (C=O) groups is 2. The van der Waals surface area contributed by atoms with E-state index < -0.39 is 209 Å². The minimum atomic E-state index is -1.87. The molecule has 32 unspecified atom stereocenters. The number of fused-ring (bicyclic) bond motifs is 5. The van der Waals surface area contributed by atoms with E-state index in [0.717, 1.165) is 12.5 Å². The van der Waals surface area contributed by atoms with Gasteiger partial charge in [-0.1, -0.05) is 46.3 Å². The van der Waals surface area contributed by atoms with Crippen molar-refractivity contribution in [3.05, 3.63) is 11.6 Å². The lowest BCUT2D eigenvalue weighted by atomic mass is 9.46. The van der Waals surface area contributed by atoms with Crippen LogP contribution in [0.5, 0.6) is 0 Å². The first-order valence-corrected chi connectivity index (χ1v) is 30.0. The molecule has 9 aliphatic rings. The van der Waals surface area contributed by atoms with Crippen LogP contribution in [0.1, 0.15) is 99.3 Å². The maximum atomic E-state index is 14.3. The number of hydrogen-bond acceptors (Lipinski definition) is 28. The lowest BCUT2D eigenvalue weighted by Crippen LogP contribution is -2.64. The van der Waals surface area contributed by atoms with E-state index in [2.05, 4.69) is 13.0 Å². The molecule has 85 heavy (non-hydrogen) atoms. The quantitative estimate of drug-likeness (QED) is 0.0429. The topological polar surface area (TPSA) is 439 Å². The molecule has 9 rings (SSSR count). The van der Waals surface area contributed by atoms with Gasteiger partial charge in [-0.3, -0.25) is 9.59 Å². The average Bonchev–Trinajstić information content (AvgIpc) is 1.61. The summed E-state index contributed by atoms with van der Waals surface area (Å²) in [5, 5.41) is 162. The van der Waals surface area contributed by atoms with Crippen LogP contribution in [0.4, 0.5) is 0 Å². The summed E-state index contributed by atoms with van der Waals surface area (Å²) >= 11 is 0. The predicted octanol–water partition coefficient (Wildman–Crippen LogP) is -4.38. The van der Waals surface area contributed by atoms with Gasteiger partial charge < -0.3 is 129 Å². The largest absolute Gasteiger partial charge is 0.454 e. The van der Waals surface area contributed by atoms with Crippen LogP contribution in [-0.2, 0) is 61.7 Å². The summed E-state index contributed by atoms with van der Waals surface area (Å²) in [4.78, 5) is 27.1. The molecular formula is C57H92O28. The Labute approximate surface area is 492 Å². The number of allylic oxidation sites excluding steroid dienone is 1. The maximum Gasteiger partial charge on any atom is 0.303 e. The van der Waals surface area contributed by atoms with Crippen LogP contribution >= 0.6 is 0 Å². The molecule has 0 bridgehead atoms. The number of esters is 1. The third-order valence-electron chi connectivity index (χ3n) is 20.5. The number of aliphatic hydroxyl groups is 15. The lowest BCUT2D eigenvalue weighted by Gasteiger charge is -2.59. The van der Waals surface area contributed by atoms with E-state index in [9.17, 15) is 86.2 Å². The van der Waals surface area contributed by atoms with Crippen molar-refractivity contribution in [3.8, 4) is 0 Å². The molecule has 0 radical (unpaired) electrons. The number of aliphatic hydroxyl groups excluding tert-OH is 14. The van der Waals surface area contributed by atoms with Gasteiger partial charge in [0.05, 0.1) is 45.2 Å². The highest BCUT2D eigenvalue weighted by atomic mass is 16.8. The molecule has 32 atom stereocenters. The summed E-state index contributed by atoms with van der Waals surface area (Å²) in [5.41, 5.74) is -1.97. The van der Waals surface area contributed by atoms with Crippen LogP contribution in [0.2, 0.25) is 0 Å². The molecule has 488 valence electrons. The molecule has 3 saturated carbocycles. The molecule has 15 N–H and O–H groups in total. The fraction of sp³-hybridized carbons (Fsp3) is 0.930. The van der Waals surface area contributed by atoms with Crippen molar-refractivity contribution in [2.75, 3.05) is 33.0 Å². The molecule has 0 amide bonds. The fourth-order valence-electron chi connectivity index (χ4n) is 15.3. The zero-order valence-electron chi connectivity index (χ0n) is 48.8. The molecule has 0 aromatic carbocycles. The van der Waals surface area contributed by atoms with Gasteiger partial charge in [0, 0.05) is 24.7 Å². The fourth-order valence-corrected chi connectivity index (χ4v) is 15.3. The van der Waals surface area contributed by atoms with Gasteiger partial charge in [0.1, 0.15) is 115 Å². The zero-order valence-corrected chi connectivity index (χ0v) is 48.8. The number of carbonyl (C=O) groups excluding carboxylic acids is 2. The van der Waals surface area contributed by atoms with Crippen molar-refractivity contribution >= 4 is 11.8 Å². The maximum absolute atomic E-state index is 14.3. The van der Waals surface area contributed by atoms with Crippen molar-refractivity contribution in [2.45, 2.75) is 258 Å². The molecule has 4 aliphatic carbocycles. The van der Waals surface area contributed by atoms with Gasteiger partial charge in [-0.15, -0.1) is 0 Å². The highest BCUT2D eigenvalue weighted by Crippen LogP contribution is 2.69. The van der Waals surface area contributed by atoms with Gasteiger partial charge in [0.2, 0.25) is 0 Å². The predicted molar refractivity (Wildman–Crippen MR) is 283 cm³/mol. The highest BCUT2D eigenvalue weighted by Gasteiger charge is 2.71. The first-order valence-electron chi connectivity index (χ1n) is 30.0. The van der Waals surface area contributed by atoms with E-state index in [1.165, 1.54) is 0 Å². The molecule has 5 aliphatic heterocycles. The van der Waals surface area contributed by atoms with E-state index in [1.54, 1.807) is 6.92 Å². The third-order valence-corrected chi connectivity index (χ3v) is 20.5. The lowest BCUT2D eigenvalue weighted by molar-refractivity contribution is -0.345. The first kappa shape index (κ1) is 67.3. The molecule has 0 aromatic rings. The van der Waals surface area contributed by atoms with E-state index in [4.69, 9.17) is 52.1 Å². The second-order valence-electron chi connectivity index (χ2n) is 26.1. The van der Waals surface area contributed by atoms with Gasteiger partial charge in [-0.25, -0.2) is 0 Å². The van der Waals surface area contributed by atoms with Gasteiger partial charge in [0.25, 0.3) is 0 Å². The number of ketones is 1. The Hall–Kier alpha value is -2.12. The van der Waals surface area contributed by atoms with Gasteiger partial charge in [-0.2, -0.15) is 0 Å². The number of hydrogen-bond donors (Lipinski definition) is 15. The minimum absolute atomic E-state index is 0.0218. The van der Waals surface area contributed by atoms with Crippen molar-refractivity contribution in [2.24, 2.45) is 40.4 Å². The molecule has 28 heteroatoms. The van der Waals surface area contributed by atoms with Gasteiger partial charge in [0.15, 0.2) is 37.6 Å². The third kappa shape index (κ3) is 12.9. The zero-order chi connectivity index (χ0) is 61.9. The summed E-state index contributed by atoms with van der Waals surface area (Å²) in [6.45, 7) is 8.35. The SMILES string of the molecule is CC(=O)OC1C(OC2CC3C4CC=C5CC(OC6OC(COC7OC(COC8OC(CO)C(O)C(O)C8O)C(O)C(O)C7O)C(O)C(O)C6O)CCC5(C)C4CCC3(C)C2(O)C(C)C(=O)CCC(C)C)OCC(O)C1OC1OCC(O)C(O)C1O. The van der Waals surface area contributed by atoms with E-state index in [-0.39, 0.29) is 47.7 Å². The average molecular weight is 1230 g/mol. The van der Waals surface area contributed by atoms with Crippen LogP contribution in [0.25, 0.3) is 0 Å². The Morgan fingerprint density at radius 1 is 0.624 bits per heavy atom. The Bertz CT molecular complexity index is 2280. The van der Waals surface area contributed by atoms with Crippen LogP contribution in [0, 0.1) is 40.4 Å². The van der Waals surface area contributed by atoms with E-state index in [0.29, 0.717) is 44.9 Å². The molecule has 0 spiro atoms. The molecule has 28 nitrogen and oxygen atoms in total. The van der Waals surface area contributed by atoms with Gasteiger partial charge >= 0.3 is 5.97 Å². The van der Waals surface area contributed by atoms with Crippen LogP contribution in [-0.4, -0.2) is 281 Å².